The lowest BCUT2D eigenvalue weighted by Crippen LogP contribution is -2.31. The van der Waals surface area contributed by atoms with Gasteiger partial charge in [0.05, 0.1) is 5.56 Å². The Labute approximate surface area is 140 Å². The fourth-order valence-electron chi connectivity index (χ4n) is 1.71. The van der Waals surface area contributed by atoms with Crippen LogP contribution in [0, 0.1) is 5.41 Å². The number of halogens is 3. The third kappa shape index (κ3) is 6.41. The average Bonchev–Trinajstić information content (AvgIpc) is 2.27. The number of hydrogen-bond donors (Lipinski definition) is 1. The Bertz CT molecular complexity index is 454. The van der Waals surface area contributed by atoms with Crippen LogP contribution in [0.2, 0.25) is 0 Å². The number of benzene rings is 1. The zero-order valence-corrected chi connectivity index (χ0v) is 16.0. The topological polar surface area (TPSA) is 29.1 Å². The van der Waals surface area contributed by atoms with Crippen molar-refractivity contribution in [3.05, 3.63) is 32.7 Å². The predicted octanol–water partition coefficient (Wildman–Crippen LogP) is 5.14. The lowest BCUT2D eigenvalue weighted by molar-refractivity contribution is 0.0951. The van der Waals surface area contributed by atoms with Crippen LogP contribution in [0.4, 0.5) is 0 Å². The SMILES string of the molecule is CC(C)(C)CC(Br)CNC(=O)c1cc(Br)ccc1Br. The molecule has 0 spiro atoms. The zero-order valence-electron chi connectivity index (χ0n) is 11.3. The molecule has 0 aliphatic rings. The van der Waals surface area contributed by atoms with Gasteiger partial charge in [-0.05, 0) is 46.0 Å². The minimum Gasteiger partial charge on any atom is -0.351 e. The van der Waals surface area contributed by atoms with Gasteiger partial charge in [0.25, 0.3) is 5.91 Å². The van der Waals surface area contributed by atoms with Crippen LogP contribution < -0.4 is 5.32 Å². The van der Waals surface area contributed by atoms with Crippen molar-refractivity contribution in [1.29, 1.82) is 0 Å². The van der Waals surface area contributed by atoms with Crippen LogP contribution in [0.5, 0.6) is 0 Å². The Morgan fingerprint density at radius 1 is 1.32 bits per heavy atom. The van der Waals surface area contributed by atoms with Crippen molar-refractivity contribution in [2.75, 3.05) is 6.54 Å². The fraction of sp³-hybridized carbons (Fsp3) is 0.500. The van der Waals surface area contributed by atoms with Gasteiger partial charge in [-0.1, -0.05) is 52.6 Å². The molecule has 0 saturated carbocycles. The molecule has 2 nitrogen and oxygen atoms in total. The number of nitrogens with one attached hydrogen (secondary N) is 1. The first kappa shape index (κ1) is 17.2. The number of rotatable bonds is 4. The standard InChI is InChI=1S/C14H18Br3NO/c1-14(2,3)7-10(16)8-18-13(19)11-6-9(15)4-5-12(11)17/h4-6,10H,7-8H2,1-3H3,(H,18,19). The second kappa shape index (κ2) is 7.23. The molecule has 1 rings (SSSR count). The molecule has 1 aromatic rings. The summed E-state index contributed by atoms with van der Waals surface area (Å²) >= 11 is 10.4. The minimum atomic E-state index is -0.0634. The summed E-state index contributed by atoms with van der Waals surface area (Å²) in [5.41, 5.74) is 0.889. The second-order valence-electron chi connectivity index (χ2n) is 5.70. The molecule has 1 N–H and O–H groups in total. The molecule has 0 bridgehead atoms. The molecule has 5 heteroatoms. The maximum atomic E-state index is 12.1. The minimum absolute atomic E-state index is 0.0634. The predicted molar refractivity (Wildman–Crippen MR) is 91.0 cm³/mol. The van der Waals surface area contributed by atoms with Gasteiger partial charge in [-0.2, -0.15) is 0 Å². The van der Waals surface area contributed by atoms with Crippen LogP contribution >= 0.6 is 47.8 Å². The summed E-state index contributed by atoms with van der Waals surface area (Å²) in [5.74, 6) is -0.0634. The van der Waals surface area contributed by atoms with Crippen LogP contribution in [0.25, 0.3) is 0 Å². The van der Waals surface area contributed by atoms with E-state index in [1.165, 1.54) is 0 Å². The summed E-state index contributed by atoms with van der Waals surface area (Å²) in [7, 11) is 0. The molecule has 1 unspecified atom stereocenters. The third-order valence-corrected chi connectivity index (χ3v) is 4.32. The summed E-state index contributed by atoms with van der Waals surface area (Å²) < 4.78 is 1.70. The highest BCUT2D eigenvalue weighted by Gasteiger charge is 2.18. The van der Waals surface area contributed by atoms with Gasteiger partial charge in [0.15, 0.2) is 0 Å². The lowest BCUT2D eigenvalue weighted by Gasteiger charge is -2.22. The molecule has 0 aliphatic heterocycles. The van der Waals surface area contributed by atoms with E-state index in [9.17, 15) is 4.79 Å². The molecule has 19 heavy (non-hydrogen) atoms. The molecule has 0 radical (unpaired) electrons. The average molecular weight is 456 g/mol. The van der Waals surface area contributed by atoms with E-state index in [0.717, 1.165) is 15.4 Å². The number of amides is 1. The highest BCUT2D eigenvalue weighted by atomic mass is 79.9. The molecular weight excluding hydrogens is 438 g/mol. The molecule has 1 atom stereocenters. The molecule has 0 aliphatic carbocycles. The van der Waals surface area contributed by atoms with Crippen molar-refractivity contribution in [3.8, 4) is 0 Å². The van der Waals surface area contributed by atoms with E-state index in [0.29, 0.717) is 12.1 Å². The van der Waals surface area contributed by atoms with E-state index in [4.69, 9.17) is 0 Å². The van der Waals surface area contributed by atoms with Gasteiger partial charge in [-0.15, -0.1) is 0 Å². The van der Waals surface area contributed by atoms with Crippen molar-refractivity contribution in [3.63, 3.8) is 0 Å². The fourth-order valence-corrected chi connectivity index (χ4v) is 3.63. The molecule has 0 fully saturated rings. The third-order valence-electron chi connectivity index (χ3n) is 2.49. The van der Waals surface area contributed by atoms with E-state index >= 15 is 0 Å². The van der Waals surface area contributed by atoms with Crippen molar-refractivity contribution in [2.45, 2.75) is 32.0 Å². The monoisotopic (exact) mass is 453 g/mol. The van der Waals surface area contributed by atoms with Crippen molar-refractivity contribution in [1.82, 2.24) is 5.32 Å². The van der Waals surface area contributed by atoms with Crippen LogP contribution in [0.15, 0.2) is 27.1 Å². The van der Waals surface area contributed by atoms with E-state index in [2.05, 4.69) is 73.9 Å². The Morgan fingerprint density at radius 2 is 1.95 bits per heavy atom. The first-order valence-corrected chi connectivity index (χ1v) is 8.56. The van der Waals surface area contributed by atoms with Gasteiger partial charge < -0.3 is 5.32 Å². The normalized spacial score (nSPS) is 13.2. The van der Waals surface area contributed by atoms with E-state index < -0.39 is 0 Å². The largest absolute Gasteiger partial charge is 0.351 e. The van der Waals surface area contributed by atoms with Gasteiger partial charge in [0.2, 0.25) is 0 Å². The van der Waals surface area contributed by atoms with Gasteiger partial charge in [-0.3, -0.25) is 4.79 Å². The molecule has 0 aromatic heterocycles. The molecular formula is C14H18Br3NO. The molecule has 1 amide bonds. The van der Waals surface area contributed by atoms with E-state index in [1.54, 1.807) is 0 Å². The molecule has 1 aromatic carbocycles. The number of hydrogen-bond acceptors (Lipinski definition) is 1. The Balaban J connectivity index is 2.58. The van der Waals surface area contributed by atoms with Crippen LogP contribution in [-0.4, -0.2) is 17.3 Å². The number of carbonyl (C=O) groups is 1. The second-order valence-corrected chi connectivity index (χ2v) is 8.76. The Hall–Kier alpha value is 0.130. The van der Waals surface area contributed by atoms with Crippen molar-refractivity contribution < 1.29 is 4.79 Å². The van der Waals surface area contributed by atoms with Gasteiger partial charge in [0, 0.05) is 20.3 Å². The Morgan fingerprint density at radius 3 is 2.53 bits per heavy atom. The first-order valence-electron chi connectivity index (χ1n) is 6.06. The molecule has 106 valence electrons. The Kier molecular flexibility index (Phi) is 6.54. The summed E-state index contributed by atoms with van der Waals surface area (Å²) in [6.07, 6.45) is 1.01. The lowest BCUT2D eigenvalue weighted by atomic mass is 9.90. The van der Waals surface area contributed by atoms with Crippen LogP contribution in [0.1, 0.15) is 37.6 Å². The maximum Gasteiger partial charge on any atom is 0.252 e. The smallest absolute Gasteiger partial charge is 0.252 e. The summed E-state index contributed by atoms with van der Waals surface area (Å²) in [4.78, 5) is 12.4. The van der Waals surface area contributed by atoms with E-state index in [-0.39, 0.29) is 16.1 Å². The summed E-state index contributed by atoms with van der Waals surface area (Å²) in [5, 5.41) is 2.95. The van der Waals surface area contributed by atoms with Crippen molar-refractivity contribution in [2.24, 2.45) is 5.41 Å². The number of carbonyl (C=O) groups excluding carboxylic acids is 1. The molecule has 0 saturated heterocycles. The van der Waals surface area contributed by atoms with Gasteiger partial charge >= 0.3 is 0 Å². The first-order chi connectivity index (χ1) is 8.69. The van der Waals surface area contributed by atoms with E-state index in [1.807, 2.05) is 18.2 Å². The summed E-state index contributed by atoms with van der Waals surface area (Å²) in [6.45, 7) is 7.19. The molecule has 0 heterocycles. The highest BCUT2D eigenvalue weighted by Crippen LogP contribution is 2.25. The zero-order chi connectivity index (χ0) is 14.6. The maximum absolute atomic E-state index is 12.1. The highest BCUT2D eigenvalue weighted by molar-refractivity contribution is 9.11. The quantitative estimate of drug-likeness (QED) is 0.625. The summed E-state index contributed by atoms with van der Waals surface area (Å²) in [6, 6.07) is 5.57. The van der Waals surface area contributed by atoms with Gasteiger partial charge in [0.1, 0.15) is 0 Å². The van der Waals surface area contributed by atoms with Crippen molar-refractivity contribution >= 4 is 53.7 Å². The number of alkyl halides is 1. The van der Waals surface area contributed by atoms with Crippen LogP contribution in [0.3, 0.4) is 0 Å². The van der Waals surface area contributed by atoms with Gasteiger partial charge in [-0.25, -0.2) is 0 Å². The van der Waals surface area contributed by atoms with Crippen LogP contribution in [-0.2, 0) is 0 Å².